The molecule has 4 rings (SSSR count). The van der Waals surface area contributed by atoms with Crippen molar-refractivity contribution in [3.05, 3.63) is 29.1 Å². The third-order valence-corrected chi connectivity index (χ3v) is 5.04. The van der Waals surface area contributed by atoms with Gasteiger partial charge < -0.3 is 9.73 Å². The number of hydrogen-bond donors (Lipinski definition) is 1. The average molecular weight is 306 g/mol. The first-order chi connectivity index (χ1) is 10.3. The van der Waals surface area contributed by atoms with Gasteiger partial charge in [-0.1, -0.05) is 17.7 Å². The van der Waals surface area contributed by atoms with Crippen molar-refractivity contribution in [1.29, 1.82) is 0 Å². The fourth-order valence-electron chi connectivity index (χ4n) is 3.70. The average Bonchev–Trinajstić information content (AvgIpc) is 3.15. The summed E-state index contributed by atoms with van der Waals surface area (Å²) in [5, 5.41) is 4.09. The molecule has 0 amide bonds. The molecule has 4 nitrogen and oxygen atoms in total. The summed E-state index contributed by atoms with van der Waals surface area (Å²) in [5.41, 5.74) is 1.60. The molecular weight excluding hydrogens is 286 g/mol. The Morgan fingerprint density at radius 3 is 2.90 bits per heavy atom. The van der Waals surface area contributed by atoms with E-state index in [1.165, 1.54) is 19.3 Å². The van der Waals surface area contributed by atoms with E-state index in [-0.39, 0.29) is 0 Å². The van der Waals surface area contributed by atoms with Gasteiger partial charge in [0, 0.05) is 6.04 Å². The molecule has 5 heteroatoms. The van der Waals surface area contributed by atoms with E-state index in [2.05, 4.69) is 10.2 Å². The molecule has 2 aliphatic rings. The summed E-state index contributed by atoms with van der Waals surface area (Å²) >= 11 is 6.21. The van der Waals surface area contributed by atoms with Crippen LogP contribution in [-0.4, -0.2) is 35.6 Å². The van der Waals surface area contributed by atoms with Crippen molar-refractivity contribution in [1.82, 2.24) is 15.2 Å². The number of oxazole rings is 1. The fourth-order valence-corrected chi connectivity index (χ4v) is 3.91. The highest BCUT2D eigenvalue weighted by Gasteiger charge is 2.35. The molecule has 1 N–H and O–H groups in total. The van der Waals surface area contributed by atoms with Gasteiger partial charge in [0.15, 0.2) is 5.58 Å². The van der Waals surface area contributed by atoms with E-state index in [1.807, 2.05) is 18.2 Å². The Kier molecular flexibility index (Phi) is 3.61. The van der Waals surface area contributed by atoms with Crippen LogP contribution in [0.1, 0.15) is 37.6 Å². The van der Waals surface area contributed by atoms with Crippen LogP contribution in [0, 0.1) is 0 Å². The second kappa shape index (κ2) is 5.59. The van der Waals surface area contributed by atoms with Gasteiger partial charge in [-0.05, 0) is 57.5 Å². The molecule has 21 heavy (non-hydrogen) atoms. The maximum absolute atomic E-state index is 6.21. The molecule has 1 aromatic heterocycles. The Balaban J connectivity index is 1.64. The zero-order valence-electron chi connectivity index (χ0n) is 12.0. The van der Waals surface area contributed by atoms with Crippen molar-refractivity contribution in [2.45, 2.75) is 37.8 Å². The van der Waals surface area contributed by atoms with Crippen molar-refractivity contribution < 1.29 is 4.42 Å². The van der Waals surface area contributed by atoms with Crippen LogP contribution in [0.2, 0.25) is 5.02 Å². The monoisotopic (exact) mass is 305 g/mol. The molecule has 1 unspecified atom stereocenters. The molecule has 2 saturated heterocycles. The molecule has 1 aromatic carbocycles. The lowest BCUT2D eigenvalue weighted by Gasteiger charge is -2.34. The number of para-hydroxylation sites is 1. The van der Waals surface area contributed by atoms with Gasteiger partial charge in [0.2, 0.25) is 5.89 Å². The highest BCUT2D eigenvalue weighted by atomic mass is 35.5. The standard InChI is InChI=1S/C16H20ClN3O/c17-12-3-1-4-13-15(12)21-16(19-13)14-5-2-10-20(14)11-6-8-18-9-7-11/h1,3-4,11,14,18H,2,5-10H2. The summed E-state index contributed by atoms with van der Waals surface area (Å²) < 4.78 is 6.00. The van der Waals surface area contributed by atoms with Crippen molar-refractivity contribution in [2.24, 2.45) is 0 Å². The van der Waals surface area contributed by atoms with Crippen LogP contribution in [0.4, 0.5) is 0 Å². The highest BCUT2D eigenvalue weighted by molar-refractivity contribution is 6.34. The number of halogens is 1. The summed E-state index contributed by atoms with van der Waals surface area (Å²) in [7, 11) is 0. The quantitative estimate of drug-likeness (QED) is 0.923. The van der Waals surface area contributed by atoms with Crippen molar-refractivity contribution >= 4 is 22.7 Å². The van der Waals surface area contributed by atoms with Crippen molar-refractivity contribution in [3.63, 3.8) is 0 Å². The number of benzene rings is 1. The van der Waals surface area contributed by atoms with E-state index in [4.69, 9.17) is 21.0 Å². The lowest BCUT2D eigenvalue weighted by atomic mass is 10.0. The summed E-state index contributed by atoms with van der Waals surface area (Å²) in [6.07, 6.45) is 4.80. The van der Waals surface area contributed by atoms with Crippen molar-refractivity contribution in [2.75, 3.05) is 19.6 Å². The lowest BCUT2D eigenvalue weighted by Crippen LogP contribution is -2.42. The number of fused-ring (bicyclic) bond motifs is 1. The fraction of sp³-hybridized carbons (Fsp3) is 0.562. The number of nitrogens with one attached hydrogen (secondary N) is 1. The Morgan fingerprint density at radius 2 is 2.10 bits per heavy atom. The molecule has 2 aromatic rings. The number of rotatable bonds is 2. The highest BCUT2D eigenvalue weighted by Crippen LogP contribution is 2.37. The lowest BCUT2D eigenvalue weighted by molar-refractivity contribution is 0.132. The van der Waals surface area contributed by atoms with Crippen LogP contribution in [0.5, 0.6) is 0 Å². The van der Waals surface area contributed by atoms with Crippen LogP contribution in [0.25, 0.3) is 11.1 Å². The normalized spacial score (nSPS) is 24.9. The van der Waals surface area contributed by atoms with E-state index in [0.29, 0.717) is 17.1 Å². The molecular formula is C16H20ClN3O. The SMILES string of the molecule is Clc1cccc2nc(C3CCCN3C3CCNCC3)oc12. The van der Waals surface area contributed by atoms with Crippen LogP contribution >= 0.6 is 11.6 Å². The van der Waals surface area contributed by atoms with Gasteiger partial charge >= 0.3 is 0 Å². The largest absolute Gasteiger partial charge is 0.437 e. The molecule has 0 saturated carbocycles. The summed E-state index contributed by atoms with van der Waals surface area (Å²) in [5.74, 6) is 0.842. The molecule has 0 aliphatic carbocycles. The molecule has 0 bridgehead atoms. The zero-order chi connectivity index (χ0) is 14.2. The first-order valence-corrected chi connectivity index (χ1v) is 8.22. The van der Waals surface area contributed by atoms with Crippen molar-refractivity contribution in [3.8, 4) is 0 Å². The Labute approximate surface area is 129 Å². The molecule has 1 atom stereocenters. The second-order valence-corrected chi connectivity index (χ2v) is 6.42. The topological polar surface area (TPSA) is 41.3 Å². The van der Waals surface area contributed by atoms with E-state index in [1.54, 1.807) is 0 Å². The molecule has 2 aliphatic heterocycles. The smallest absolute Gasteiger partial charge is 0.212 e. The predicted octanol–water partition coefficient (Wildman–Crippen LogP) is 3.37. The Hall–Kier alpha value is -1.10. The minimum Gasteiger partial charge on any atom is -0.437 e. The van der Waals surface area contributed by atoms with E-state index in [9.17, 15) is 0 Å². The summed E-state index contributed by atoms with van der Waals surface area (Å²) in [6.45, 7) is 3.39. The number of nitrogens with zero attached hydrogens (tertiary/aromatic N) is 2. The Bertz CT molecular complexity index is 635. The second-order valence-electron chi connectivity index (χ2n) is 6.02. The summed E-state index contributed by atoms with van der Waals surface area (Å²) in [6, 6.07) is 6.73. The van der Waals surface area contributed by atoms with Crippen LogP contribution in [-0.2, 0) is 0 Å². The zero-order valence-corrected chi connectivity index (χ0v) is 12.8. The third-order valence-electron chi connectivity index (χ3n) is 4.74. The van der Waals surface area contributed by atoms with Gasteiger partial charge in [-0.25, -0.2) is 4.98 Å². The van der Waals surface area contributed by atoms with Gasteiger partial charge in [-0.15, -0.1) is 0 Å². The van der Waals surface area contributed by atoms with Gasteiger partial charge in [-0.3, -0.25) is 4.90 Å². The van der Waals surface area contributed by atoms with E-state index < -0.39 is 0 Å². The van der Waals surface area contributed by atoms with Gasteiger partial charge in [0.1, 0.15) is 5.52 Å². The molecule has 2 fully saturated rings. The van der Waals surface area contributed by atoms with E-state index >= 15 is 0 Å². The first kappa shape index (κ1) is 13.6. The molecule has 0 spiro atoms. The Morgan fingerprint density at radius 1 is 1.24 bits per heavy atom. The van der Waals surface area contributed by atoms with E-state index in [0.717, 1.165) is 43.0 Å². The maximum atomic E-state index is 6.21. The molecule has 112 valence electrons. The predicted molar refractivity (Wildman–Crippen MR) is 83.6 cm³/mol. The molecule has 3 heterocycles. The number of likely N-dealkylation sites (tertiary alicyclic amines) is 1. The number of hydrogen-bond acceptors (Lipinski definition) is 4. The minimum atomic E-state index is 0.316. The first-order valence-electron chi connectivity index (χ1n) is 7.84. The maximum Gasteiger partial charge on any atom is 0.212 e. The third kappa shape index (κ3) is 2.45. The van der Waals surface area contributed by atoms with Gasteiger partial charge in [0.05, 0.1) is 11.1 Å². The van der Waals surface area contributed by atoms with Crippen LogP contribution < -0.4 is 5.32 Å². The number of aromatic nitrogens is 1. The van der Waals surface area contributed by atoms with Crippen LogP contribution in [0.3, 0.4) is 0 Å². The minimum absolute atomic E-state index is 0.316. The van der Waals surface area contributed by atoms with Gasteiger partial charge in [-0.2, -0.15) is 0 Å². The van der Waals surface area contributed by atoms with Gasteiger partial charge in [0.25, 0.3) is 0 Å². The summed E-state index contributed by atoms with van der Waals surface area (Å²) in [4.78, 5) is 7.29. The number of piperidine rings is 1. The molecule has 0 radical (unpaired) electrons. The van der Waals surface area contributed by atoms with Crippen LogP contribution in [0.15, 0.2) is 22.6 Å².